The second-order valence-corrected chi connectivity index (χ2v) is 8.43. The lowest BCUT2D eigenvalue weighted by atomic mass is 9.95. The number of carbonyl (C=O) groups is 2. The molecule has 2 aliphatic heterocycles. The highest BCUT2D eigenvalue weighted by molar-refractivity contribution is 6.00. The molecule has 1 amide bonds. The number of carbonyl (C=O) groups excluding carboxylic acids is 1. The van der Waals surface area contributed by atoms with Crippen LogP contribution in [-0.2, 0) is 16.1 Å². The number of hydrogen-bond acceptors (Lipinski definition) is 6. The quantitative estimate of drug-likeness (QED) is 0.545. The molecule has 0 unspecified atom stereocenters. The molecular formula is C24H21F6N3O5. The Labute approximate surface area is 212 Å². The van der Waals surface area contributed by atoms with E-state index < -0.39 is 18.5 Å². The number of carboxylic acid groups (broad SMARTS) is 1. The van der Waals surface area contributed by atoms with Gasteiger partial charge in [0.1, 0.15) is 5.75 Å². The smallest absolute Gasteiger partial charge is 0.475 e. The fraction of sp³-hybridized carbons (Fsp3) is 0.375. The predicted molar refractivity (Wildman–Crippen MR) is 119 cm³/mol. The van der Waals surface area contributed by atoms with Gasteiger partial charge < -0.3 is 24.8 Å². The average Bonchev–Trinajstić information content (AvgIpc) is 3.41. The number of nitrogens with one attached hydrogen (secondary N) is 1. The van der Waals surface area contributed by atoms with Gasteiger partial charge in [0.2, 0.25) is 0 Å². The number of carboxylic acids is 1. The molecule has 38 heavy (non-hydrogen) atoms. The summed E-state index contributed by atoms with van der Waals surface area (Å²) in [5, 5.41) is 20.1. The first kappa shape index (κ1) is 28.7. The molecule has 2 heterocycles. The van der Waals surface area contributed by atoms with Crippen molar-refractivity contribution in [3.63, 3.8) is 0 Å². The number of nitriles is 1. The zero-order valence-electron chi connectivity index (χ0n) is 19.7. The van der Waals surface area contributed by atoms with Gasteiger partial charge in [-0.25, -0.2) is 4.79 Å². The molecule has 4 rings (SSSR count). The van der Waals surface area contributed by atoms with Gasteiger partial charge in [0.25, 0.3) is 5.91 Å². The van der Waals surface area contributed by atoms with Crippen molar-refractivity contribution in [2.45, 2.75) is 37.6 Å². The Bertz CT molecular complexity index is 1240. The van der Waals surface area contributed by atoms with Crippen LogP contribution in [0, 0.1) is 11.3 Å². The molecule has 14 heteroatoms. The van der Waals surface area contributed by atoms with E-state index in [9.17, 15) is 36.4 Å². The van der Waals surface area contributed by atoms with Crippen LogP contribution in [0.25, 0.3) is 11.1 Å². The molecule has 2 aliphatic rings. The van der Waals surface area contributed by atoms with Crippen LogP contribution in [0.1, 0.15) is 27.9 Å². The predicted octanol–water partition coefficient (Wildman–Crippen LogP) is 4.09. The van der Waals surface area contributed by atoms with Gasteiger partial charge in [-0.05, 0) is 41.8 Å². The van der Waals surface area contributed by atoms with Gasteiger partial charge in [-0.1, -0.05) is 12.1 Å². The summed E-state index contributed by atoms with van der Waals surface area (Å²) < 4.78 is 78.6. The Morgan fingerprint density at radius 1 is 1.18 bits per heavy atom. The van der Waals surface area contributed by atoms with Crippen molar-refractivity contribution >= 4 is 11.9 Å². The molecule has 2 aromatic carbocycles. The number of nitrogens with zero attached hydrogens (tertiary/aromatic N) is 2. The summed E-state index contributed by atoms with van der Waals surface area (Å²) in [5.41, 5.74) is 2.26. The minimum atomic E-state index is -5.08. The third-order valence-electron chi connectivity index (χ3n) is 5.82. The maximum Gasteiger partial charge on any atom is 0.573 e. The van der Waals surface area contributed by atoms with Crippen LogP contribution in [0.2, 0.25) is 0 Å². The number of benzene rings is 2. The first-order chi connectivity index (χ1) is 17.7. The maximum atomic E-state index is 13.1. The van der Waals surface area contributed by atoms with Gasteiger partial charge in [0.15, 0.2) is 0 Å². The fourth-order valence-corrected chi connectivity index (χ4v) is 4.23. The molecule has 1 saturated heterocycles. The number of amides is 1. The molecule has 0 aliphatic carbocycles. The monoisotopic (exact) mass is 545 g/mol. The van der Waals surface area contributed by atoms with Gasteiger partial charge in [-0.2, -0.15) is 18.4 Å². The summed E-state index contributed by atoms with van der Waals surface area (Å²) in [6.45, 7) is 1.61. The van der Waals surface area contributed by atoms with E-state index in [4.69, 9.17) is 14.6 Å². The first-order valence-electron chi connectivity index (χ1n) is 11.0. The Hall–Kier alpha value is -3.83. The number of rotatable bonds is 5. The number of aliphatic carboxylic acids is 1. The van der Waals surface area contributed by atoms with Crippen LogP contribution in [0.5, 0.6) is 5.75 Å². The lowest BCUT2D eigenvalue weighted by molar-refractivity contribution is -0.274. The van der Waals surface area contributed by atoms with E-state index in [0.717, 1.165) is 12.0 Å². The number of ether oxygens (including phenoxy) is 2. The Morgan fingerprint density at radius 3 is 2.45 bits per heavy atom. The molecule has 2 N–H and O–H groups in total. The van der Waals surface area contributed by atoms with Crippen molar-refractivity contribution in [2.75, 3.05) is 20.3 Å². The second kappa shape index (κ2) is 11.3. The van der Waals surface area contributed by atoms with Crippen molar-refractivity contribution < 1.29 is 50.5 Å². The van der Waals surface area contributed by atoms with E-state index in [-0.39, 0.29) is 23.7 Å². The highest BCUT2D eigenvalue weighted by Crippen LogP contribution is 2.35. The normalized spacial score (nSPS) is 18.9. The standard InChI is InChI=1S/C22H20F3N3O3.C2HF3O2/c1-30-12-16-7-17(10-27-16)28-11-15-5-14(9-26)19(8-20(15)21(28)29)13-3-2-4-18(6-13)31-22(23,24)25;3-2(4,5)1(6)7/h2-6,8,16-17,27H,7,10-12H2,1H3;(H,6,7)/t16-,17+;/m0./s1. The Kier molecular flexibility index (Phi) is 8.53. The number of fused-ring (bicyclic) bond motifs is 1. The molecule has 2 atom stereocenters. The fourth-order valence-electron chi connectivity index (χ4n) is 4.23. The molecule has 0 bridgehead atoms. The molecule has 8 nitrogen and oxygen atoms in total. The van der Waals surface area contributed by atoms with Crippen molar-refractivity contribution in [3.05, 3.63) is 53.1 Å². The molecular weight excluding hydrogens is 524 g/mol. The second-order valence-electron chi connectivity index (χ2n) is 8.43. The third-order valence-corrected chi connectivity index (χ3v) is 5.82. The number of hydrogen-bond donors (Lipinski definition) is 2. The van der Waals surface area contributed by atoms with E-state index in [1.807, 2.05) is 0 Å². The summed E-state index contributed by atoms with van der Waals surface area (Å²) in [6.07, 6.45) is -9.14. The molecule has 0 radical (unpaired) electrons. The van der Waals surface area contributed by atoms with Crippen LogP contribution in [-0.4, -0.2) is 66.8 Å². The van der Waals surface area contributed by atoms with Gasteiger partial charge in [-0.3, -0.25) is 4.79 Å². The third kappa shape index (κ3) is 6.93. The maximum absolute atomic E-state index is 13.1. The van der Waals surface area contributed by atoms with Crippen LogP contribution in [0.3, 0.4) is 0 Å². The SMILES string of the molecule is COC[C@@H]1C[C@@H](N2Cc3cc(C#N)c(-c4cccc(OC(F)(F)F)c4)cc3C2=O)CN1.O=C(O)C(F)(F)F. The van der Waals surface area contributed by atoms with Gasteiger partial charge in [0, 0.05) is 43.4 Å². The van der Waals surface area contributed by atoms with Gasteiger partial charge >= 0.3 is 18.5 Å². The van der Waals surface area contributed by atoms with Crippen LogP contribution >= 0.6 is 0 Å². The zero-order chi connectivity index (χ0) is 28.3. The molecule has 0 saturated carbocycles. The molecule has 0 aromatic heterocycles. The van der Waals surface area contributed by atoms with E-state index in [1.165, 1.54) is 18.2 Å². The largest absolute Gasteiger partial charge is 0.573 e. The van der Waals surface area contributed by atoms with Crippen LogP contribution in [0.15, 0.2) is 36.4 Å². The van der Waals surface area contributed by atoms with Crippen molar-refractivity contribution in [1.82, 2.24) is 10.2 Å². The first-order valence-corrected chi connectivity index (χ1v) is 11.0. The van der Waals surface area contributed by atoms with Gasteiger partial charge in [0.05, 0.1) is 18.2 Å². The van der Waals surface area contributed by atoms with Crippen LogP contribution < -0.4 is 10.1 Å². The number of methoxy groups -OCH3 is 1. The minimum absolute atomic E-state index is 0.0116. The summed E-state index contributed by atoms with van der Waals surface area (Å²) in [7, 11) is 1.63. The number of alkyl halides is 6. The summed E-state index contributed by atoms with van der Waals surface area (Å²) in [6, 6.07) is 10.9. The Morgan fingerprint density at radius 2 is 1.87 bits per heavy atom. The number of halogens is 6. The van der Waals surface area contributed by atoms with Gasteiger partial charge in [-0.15, -0.1) is 13.2 Å². The molecule has 1 fully saturated rings. The van der Waals surface area contributed by atoms with E-state index in [2.05, 4.69) is 16.1 Å². The summed E-state index contributed by atoms with van der Waals surface area (Å²) >= 11 is 0. The van der Waals surface area contributed by atoms with Crippen molar-refractivity contribution in [1.29, 1.82) is 5.26 Å². The molecule has 204 valence electrons. The zero-order valence-corrected chi connectivity index (χ0v) is 19.7. The van der Waals surface area contributed by atoms with E-state index >= 15 is 0 Å². The molecule has 2 aromatic rings. The van der Waals surface area contributed by atoms with E-state index in [1.54, 1.807) is 30.2 Å². The summed E-state index contributed by atoms with van der Waals surface area (Å²) in [5.74, 6) is -3.29. The average molecular weight is 545 g/mol. The van der Waals surface area contributed by atoms with Crippen molar-refractivity contribution in [3.8, 4) is 22.9 Å². The molecule has 0 spiro atoms. The lowest BCUT2D eigenvalue weighted by Gasteiger charge is -2.23. The van der Waals surface area contributed by atoms with Crippen molar-refractivity contribution in [2.24, 2.45) is 0 Å². The van der Waals surface area contributed by atoms with E-state index in [0.29, 0.717) is 42.0 Å². The van der Waals surface area contributed by atoms with Crippen LogP contribution in [0.4, 0.5) is 26.3 Å². The lowest BCUT2D eigenvalue weighted by Crippen LogP contribution is -2.36. The highest BCUT2D eigenvalue weighted by Gasteiger charge is 2.39. The topological polar surface area (TPSA) is 112 Å². The highest BCUT2D eigenvalue weighted by atomic mass is 19.4. The summed E-state index contributed by atoms with van der Waals surface area (Å²) in [4.78, 5) is 23.8. The minimum Gasteiger partial charge on any atom is -0.475 e. The Balaban J connectivity index is 0.000000505.